The number of nitrogens with zero attached hydrogens (tertiary/aromatic N) is 1. The number of nitrogens with two attached hydrogens (primary N) is 1. The van der Waals surface area contributed by atoms with E-state index >= 15 is 0 Å². The molecule has 0 spiro atoms. The van der Waals surface area contributed by atoms with E-state index in [-0.39, 0.29) is 60.4 Å². The van der Waals surface area contributed by atoms with Crippen molar-refractivity contribution in [3.63, 3.8) is 0 Å². The van der Waals surface area contributed by atoms with E-state index in [1.807, 2.05) is 0 Å². The van der Waals surface area contributed by atoms with E-state index < -0.39 is 11.9 Å². The molecule has 1 aliphatic carbocycles. The summed E-state index contributed by atoms with van der Waals surface area (Å²) in [4.78, 5) is 72.4. The molecule has 3 amide bonds. The fourth-order valence-electron chi connectivity index (χ4n) is 4.61. The second-order valence-electron chi connectivity index (χ2n) is 9.40. The number of Topliss-reactive ketones (excluding diaryl/α,β-unsaturated/α-hetero) is 3. The van der Waals surface area contributed by atoms with Crippen molar-refractivity contribution in [1.82, 2.24) is 10.2 Å². The van der Waals surface area contributed by atoms with E-state index in [4.69, 9.17) is 5.73 Å². The molecular weight excluding hydrogens is 438 g/mol. The van der Waals surface area contributed by atoms with Crippen molar-refractivity contribution in [1.29, 1.82) is 0 Å². The second-order valence-corrected chi connectivity index (χ2v) is 9.40. The van der Waals surface area contributed by atoms with E-state index in [0.29, 0.717) is 25.8 Å². The van der Waals surface area contributed by atoms with Crippen molar-refractivity contribution in [2.24, 2.45) is 17.6 Å². The minimum atomic E-state index is -0.647. The highest BCUT2D eigenvalue weighted by molar-refractivity contribution is 6.12. The van der Waals surface area contributed by atoms with Crippen molar-refractivity contribution >= 4 is 35.1 Å². The number of carbonyl (C=O) groups is 6. The third kappa shape index (κ3) is 8.93. The fourth-order valence-corrected chi connectivity index (χ4v) is 4.61. The van der Waals surface area contributed by atoms with Gasteiger partial charge in [0.2, 0.25) is 5.91 Å². The average molecular weight is 476 g/mol. The topological polar surface area (TPSA) is 144 Å². The number of hydrogen-bond acceptors (Lipinski definition) is 7. The summed E-state index contributed by atoms with van der Waals surface area (Å²) in [6.07, 6.45) is 9.21. The molecule has 0 aromatic heterocycles. The molecule has 34 heavy (non-hydrogen) atoms. The van der Waals surface area contributed by atoms with Crippen molar-refractivity contribution in [2.45, 2.75) is 83.6 Å². The van der Waals surface area contributed by atoms with Gasteiger partial charge < -0.3 is 15.8 Å². The SMILES string of the molecule is CC(=O)CCC(=O)C(CCCCCC(=O)C1CCC(CN2C(=O)C=CC2=O)CC1)NC(=O)CN. The molecule has 2 aliphatic rings. The van der Waals surface area contributed by atoms with E-state index in [2.05, 4.69) is 5.32 Å². The zero-order valence-electron chi connectivity index (χ0n) is 20.1. The van der Waals surface area contributed by atoms with Gasteiger partial charge in [0.1, 0.15) is 11.6 Å². The largest absolute Gasteiger partial charge is 0.345 e. The first-order chi connectivity index (χ1) is 16.2. The molecule has 9 nitrogen and oxygen atoms in total. The molecule has 0 radical (unpaired) electrons. The maximum absolute atomic E-state index is 12.6. The van der Waals surface area contributed by atoms with Crippen LogP contribution < -0.4 is 11.1 Å². The van der Waals surface area contributed by atoms with Gasteiger partial charge in [-0.25, -0.2) is 0 Å². The first-order valence-corrected chi connectivity index (χ1v) is 12.3. The highest BCUT2D eigenvalue weighted by atomic mass is 16.2. The Labute approximate surface area is 200 Å². The van der Waals surface area contributed by atoms with E-state index in [1.165, 1.54) is 24.0 Å². The van der Waals surface area contributed by atoms with Crippen molar-refractivity contribution < 1.29 is 28.8 Å². The van der Waals surface area contributed by atoms with Gasteiger partial charge in [-0.3, -0.25) is 28.9 Å². The number of imide groups is 1. The Bertz CT molecular complexity index is 795. The van der Waals surface area contributed by atoms with Gasteiger partial charge in [-0.2, -0.15) is 0 Å². The molecule has 1 heterocycles. The van der Waals surface area contributed by atoms with Crippen LogP contribution in [-0.4, -0.2) is 59.1 Å². The molecule has 0 aromatic carbocycles. The lowest BCUT2D eigenvalue weighted by molar-refractivity contribution is -0.138. The zero-order valence-corrected chi connectivity index (χ0v) is 20.1. The van der Waals surface area contributed by atoms with Crippen LogP contribution in [0.4, 0.5) is 0 Å². The maximum Gasteiger partial charge on any atom is 0.253 e. The quantitative estimate of drug-likeness (QED) is 0.270. The number of nitrogens with one attached hydrogen (secondary N) is 1. The molecule has 0 aromatic rings. The van der Waals surface area contributed by atoms with Crippen LogP contribution in [0.2, 0.25) is 0 Å². The second kappa shape index (κ2) is 13.9. The van der Waals surface area contributed by atoms with Gasteiger partial charge in [0, 0.05) is 43.9 Å². The highest BCUT2D eigenvalue weighted by Crippen LogP contribution is 2.31. The van der Waals surface area contributed by atoms with Crippen LogP contribution in [0.15, 0.2) is 12.2 Å². The molecule has 0 bridgehead atoms. The smallest absolute Gasteiger partial charge is 0.253 e. The van der Waals surface area contributed by atoms with E-state index in [1.54, 1.807) is 0 Å². The molecule has 1 atom stereocenters. The number of ketones is 3. The first-order valence-electron chi connectivity index (χ1n) is 12.3. The van der Waals surface area contributed by atoms with Crippen molar-refractivity contribution in [3.05, 3.63) is 12.2 Å². The minimum absolute atomic E-state index is 0.0316. The lowest BCUT2D eigenvalue weighted by atomic mass is 9.79. The van der Waals surface area contributed by atoms with Crippen LogP contribution >= 0.6 is 0 Å². The first kappa shape index (κ1) is 27.6. The molecule has 188 valence electrons. The lowest BCUT2D eigenvalue weighted by Gasteiger charge is -2.30. The summed E-state index contributed by atoms with van der Waals surface area (Å²) in [6.45, 7) is 1.66. The van der Waals surface area contributed by atoms with Crippen molar-refractivity contribution in [2.75, 3.05) is 13.1 Å². The Hall–Kier alpha value is -2.68. The van der Waals surface area contributed by atoms with E-state index in [0.717, 1.165) is 38.5 Å². The Kier molecular flexibility index (Phi) is 11.3. The third-order valence-corrected chi connectivity index (χ3v) is 6.69. The zero-order chi connectivity index (χ0) is 25.1. The predicted octanol–water partition coefficient (Wildman–Crippen LogP) is 1.62. The van der Waals surface area contributed by atoms with Gasteiger partial charge in [0.15, 0.2) is 5.78 Å². The number of amides is 3. The Morgan fingerprint density at radius 2 is 1.62 bits per heavy atom. The number of unbranched alkanes of at least 4 members (excludes halogenated alkanes) is 2. The van der Waals surface area contributed by atoms with Crippen LogP contribution in [0.3, 0.4) is 0 Å². The van der Waals surface area contributed by atoms with Gasteiger partial charge in [0.05, 0.1) is 12.6 Å². The summed E-state index contributed by atoms with van der Waals surface area (Å²) in [5, 5.41) is 2.64. The Morgan fingerprint density at radius 3 is 2.21 bits per heavy atom. The lowest BCUT2D eigenvalue weighted by Crippen LogP contribution is -2.43. The molecule has 0 saturated heterocycles. The molecule has 1 unspecified atom stereocenters. The number of hydrogen-bond donors (Lipinski definition) is 2. The van der Waals surface area contributed by atoms with Gasteiger partial charge in [0.25, 0.3) is 11.8 Å². The molecule has 9 heteroatoms. The van der Waals surface area contributed by atoms with Gasteiger partial charge in [-0.05, 0) is 51.4 Å². The summed E-state index contributed by atoms with van der Waals surface area (Å²) in [7, 11) is 0. The van der Waals surface area contributed by atoms with Crippen molar-refractivity contribution in [3.8, 4) is 0 Å². The number of carbonyl (C=O) groups excluding carboxylic acids is 6. The van der Waals surface area contributed by atoms with Gasteiger partial charge >= 0.3 is 0 Å². The minimum Gasteiger partial charge on any atom is -0.345 e. The van der Waals surface area contributed by atoms with E-state index in [9.17, 15) is 28.8 Å². The summed E-state index contributed by atoms with van der Waals surface area (Å²) < 4.78 is 0. The molecule has 1 aliphatic heterocycles. The summed E-state index contributed by atoms with van der Waals surface area (Å²) >= 11 is 0. The van der Waals surface area contributed by atoms with Gasteiger partial charge in [-0.15, -0.1) is 0 Å². The molecular formula is C25H37N3O6. The summed E-state index contributed by atoms with van der Waals surface area (Å²) in [5.41, 5.74) is 5.33. The molecule has 3 N–H and O–H groups in total. The number of rotatable bonds is 15. The Morgan fingerprint density at radius 1 is 0.971 bits per heavy atom. The monoisotopic (exact) mass is 475 g/mol. The van der Waals surface area contributed by atoms with Crippen LogP contribution in [0, 0.1) is 11.8 Å². The molecule has 1 saturated carbocycles. The maximum atomic E-state index is 12.6. The molecule has 1 fully saturated rings. The fraction of sp³-hybridized carbons (Fsp3) is 0.680. The summed E-state index contributed by atoms with van der Waals surface area (Å²) in [6, 6.07) is -0.647. The van der Waals surface area contributed by atoms with Crippen LogP contribution in [0.1, 0.15) is 77.6 Å². The normalized spacial score (nSPS) is 20.9. The standard InChI is InChI=1S/C25H37N3O6/c1-17(29)7-12-22(31)20(27-23(32)15-26)5-3-2-4-6-21(30)19-10-8-18(9-11-19)16-28-24(33)13-14-25(28)34/h13-14,18-20H,2-12,15-16,26H2,1H3,(H,27,32). The van der Waals surface area contributed by atoms with Crippen LogP contribution in [-0.2, 0) is 28.8 Å². The van der Waals surface area contributed by atoms with Crippen LogP contribution in [0.5, 0.6) is 0 Å². The highest BCUT2D eigenvalue weighted by Gasteiger charge is 2.31. The Balaban J connectivity index is 1.65. The summed E-state index contributed by atoms with van der Waals surface area (Å²) in [5.74, 6) is -0.622. The van der Waals surface area contributed by atoms with Gasteiger partial charge in [-0.1, -0.05) is 12.8 Å². The third-order valence-electron chi connectivity index (χ3n) is 6.69. The predicted molar refractivity (Wildman–Crippen MR) is 125 cm³/mol. The average Bonchev–Trinajstić information content (AvgIpc) is 3.13. The van der Waals surface area contributed by atoms with Crippen LogP contribution in [0.25, 0.3) is 0 Å². The molecule has 2 rings (SSSR count).